The van der Waals surface area contributed by atoms with Crippen LogP contribution in [0.25, 0.3) is 0 Å². The minimum absolute atomic E-state index is 0. The molecule has 116 valence electrons. The van der Waals surface area contributed by atoms with Gasteiger partial charge in [0.2, 0.25) is 0 Å². The second-order valence-corrected chi connectivity index (χ2v) is 4.56. The Morgan fingerprint density at radius 2 is 1.08 bits per heavy atom. The molecule has 0 saturated carbocycles. The Hall–Kier alpha value is 0.833. The van der Waals surface area contributed by atoms with Crippen LogP contribution < -0.4 is 124 Å². The molecule has 2 aliphatic rings. The van der Waals surface area contributed by atoms with E-state index in [1.807, 2.05) is 0 Å². The fourth-order valence-corrected chi connectivity index (χ4v) is 1.68. The van der Waals surface area contributed by atoms with Crippen molar-refractivity contribution in [2.75, 3.05) is 0 Å². The van der Waals surface area contributed by atoms with Crippen molar-refractivity contribution in [2.45, 2.75) is 0 Å². The first kappa shape index (κ1) is 27.1. The van der Waals surface area contributed by atoms with Crippen molar-refractivity contribution < 1.29 is 123 Å². The van der Waals surface area contributed by atoms with E-state index in [9.17, 15) is 19.8 Å². The normalized spacial score (nSPS) is 14.8. The molecule has 0 radical (unpaired) electrons. The number of halogens is 2. The third kappa shape index (κ3) is 10.1. The van der Waals surface area contributed by atoms with Gasteiger partial charge in [-0.25, -0.2) is 0 Å². The summed E-state index contributed by atoms with van der Waals surface area (Å²) in [5, 5.41) is 25.9. The summed E-state index contributed by atoms with van der Waals surface area (Å²) in [4.78, 5) is 20.7. The molecular formula is C14H10Cl2K2N2O4. The summed E-state index contributed by atoms with van der Waals surface area (Å²) in [5.74, 6) is -2.63. The zero-order chi connectivity index (χ0) is 16.5. The van der Waals surface area contributed by atoms with Gasteiger partial charge in [0.05, 0.1) is 33.4 Å². The van der Waals surface area contributed by atoms with Gasteiger partial charge < -0.3 is 30.4 Å². The second kappa shape index (κ2) is 14.9. The van der Waals surface area contributed by atoms with Crippen molar-refractivity contribution in [1.29, 1.82) is 0 Å². The van der Waals surface area contributed by atoms with Gasteiger partial charge in [0.25, 0.3) is 0 Å². The molecule has 0 aliphatic carbocycles. The number of hydrogen-bond donors (Lipinski definition) is 2. The van der Waals surface area contributed by atoms with E-state index in [-0.39, 0.29) is 124 Å². The monoisotopic (exact) mass is 418 g/mol. The van der Waals surface area contributed by atoms with Crippen LogP contribution in [0.4, 0.5) is 0 Å². The number of aliphatic carboxylic acids is 2. The van der Waals surface area contributed by atoms with Gasteiger partial charge in [0.15, 0.2) is 0 Å². The van der Waals surface area contributed by atoms with Crippen LogP contribution in [0.2, 0.25) is 0 Å². The van der Waals surface area contributed by atoms with Gasteiger partial charge in [0.1, 0.15) is 0 Å². The average Bonchev–Trinajstić information content (AvgIpc) is 2.79. The predicted octanol–water partition coefficient (Wildman–Crippen LogP) is -6.27. The van der Waals surface area contributed by atoms with Gasteiger partial charge in [-0.3, -0.25) is 0 Å². The van der Waals surface area contributed by atoms with Crippen LogP contribution >= 0.6 is 23.2 Å². The fourth-order valence-electron chi connectivity index (χ4n) is 1.27. The molecule has 0 amide bonds. The number of carboxylic acid groups (broad SMARTS) is 2. The fraction of sp³-hybridized carbons (Fsp3) is 0. The molecule has 10 heteroatoms. The maximum Gasteiger partial charge on any atom is 1.00 e. The number of allylic oxidation sites excluding steroid dienone is 8. The quantitative estimate of drug-likeness (QED) is 0.432. The Kier molecular flexibility index (Phi) is 16.8. The van der Waals surface area contributed by atoms with Gasteiger partial charge in [-0.2, -0.15) is 0 Å². The zero-order valence-electron chi connectivity index (χ0n) is 13.0. The number of hydrogen-bond acceptors (Lipinski definition) is 6. The van der Waals surface area contributed by atoms with Crippen LogP contribution in [0.5, 0.6) is 0 Å². The second-order valence-electron chi connectivity index (χ2n) is 3.75. The van der Waals surface area contributed by atoms with Gasteiger partial charge in [-0.05, 0) is 24.3 Å². The van der Waals surface area contributed by atoms with Crippen LogP contribution in [0.1, 0.15) is 0 Å². The Labute approximate surface area is 234 Å². The Morgan fingerprint density at radius 1 is 0.750 bits per heavy atom. The molecule has 0 fully saturated rings. The summed E-state index contributed by atoms with van der Waals surface area (Å²) in [5.41, 5.74) is -0.228. The maximum absolute atomic E-state index is 10.3. The molecule has 24 heavy (non-hydrogen) atoms. The molecule has 0 unspecified atom stereocenters. The SMILES string of the molecule is O=C([O-])C1=C(Cl)C=CC=CN1.O=C([O-])C1=C(Cl)C=CC=CN1.[K+].[K+]. The van der Waals surface area contributed by atoms with Gasteiger partial charge in [-0.15, -0.1) is 0 Å². The number of carbonyl (C=O) groups excluding carboxylic acids is 2. The Balaban J connectivity index is 0. The number of carboxylic acids is 2. The van der Waals surface area contributed by atoms with E-state index in [4.69, 9.17) is 23.2 Å². The summed E-state index contributed by atoms with van der Waals surface area (Å²) >= 11 is 11.1. The molecule has 0 aromatic rings. The summed E-state index contributed by atoms with van der Waals surface area (Å²) in [6.45, 7) is 0. The third-order valence-corrected chi connectivity index (χ3v) is 2.87. The van der Waals surface area contributed by atoms with Gasteiger partial charge in [0, 0.05) is 12.4 Å². The molecule has 0 aromatic carbocycles. The average molecular weight is 419 g/mol. The molecule has 0 spiro atoms. The molecule has 0 aromatic heterocycles. The van der Waals surface area contributed by atoms with Gasteiger partial charge >= 0.3 is 103 Å². The minimum atomic E-state index is -1.31. The number of nitrogens with one attached hydrogen (secondary N) is 2. The van der Waals surface area contributed by atoms with E-state index in [1.54, 1.807) is 24.3 Å². The minimum Gasteiger partial charge on any atom is -0.543 e. The van der Waals surface area contributed by atoms with E-state index in [2.05, 4.69) is 10.6 Å². The molecule has 0 atom stereocenters. The van der Waals surface area contributed by atoms with Crippen molar-refractivity contribution in [1.82, 2.24) is 10.6 Å². The largest absolute Gasteiger partial charge is 1.00 e. The Bertz CT molecular complexity index is 597. The standard InChI is InChI=1S/2C7H6ClNO2.2K/c2*8-5-3-1-2-4-9-6(5)7(10)11;;/h2*1-4,9H,(H,10,11);;/q;;2*+1/p-2. The summed E-state index contributed by atoms with van der Waals surface area (Å²) in [6.07, 6.45) is 12.4. The number of carbonyl (C=O) groups is 2. The summed E-state index contributed by atoms with van der Waals surface area (Å²) < 4.78 is 0. The van der Waals surface area contributed by atoms with Crippen LogP contribution in [0, 0.1) is 0 Å². The molecule has 2 aliphatic heterocycles. The van der Waals surface area contributed by atoms with Gasteiger partial charge in [-0.1, -0.05) is 35.4 Å². The molecule has 6 nitrogen and oxygen atoms in total. The topological polar surface area (TPSA) is 104 Å². The van der Waals surface area contributed by atoms with Crippen LogP contribution in [-0.2, 0) is 9.59 Å². The van der Waals surface area contributed by atoms with E-state index in [0.717, 1.165) is 0 Å². The van der Waals surface area contributed by atoms with E-state index in [0.29, 0.717) is 0 Å². The first-order valence-electron chi connectivity index (χ1n) is 5.85. The zero-order valence-corrected chi connectivity index (χ0v) is 20.8. The molecule has 2 rings (SSSR count). The third-order valence-electron chi connectivity index (χ3n) is 2.24. The smallest absolute Gasteiger partial charge is 0.543 e. The Morgan fingerprint density at radius 3 is 1.38 bits per heavy atom. The summed E-state index contributed by atoms with van der Waals surface area (Å²) in [6, 6.07) is 0. The van der Waals surface area contributed by atoms with Crippen molar-refractivity contribution >= 4 is 35.1 Å². The maximum atomic E-state index is 10.3. The molecule has 2 N–H and O–H groups in total. The molecule has 2 heterocycles. The van der Waals surface area contributed by atoms with Crippen LogP contribution in [-0.4, -0.2) is 11.9 Å². The molecular weight excluding hydrogens is 409 g/mol. The van der Waals surface area contributed by atoms with E-state index < -0.39 is 11.9 Å². The first-order valence-corrected chi connectivity index (χ1v) is 6.61. The van der Waals surface area contributed by atoms with Crippen LogP contribution in [0.3, 0.4) is 0 Å². The van der Waals surface area contributed by atoms with Crippen LogP contribution in [0.15, 0.2) is 70.3 Å². The van der Waals surface area contributed by atoms with E-state index >= 15 is 0 Å². The van der Waals surface area contributed by atoms with E-state index in [1.165, 1.54) is 24.6 Å². The predicted molar refractivity (Wildman–Crippen MR) is 78.6 cm³/mol. The first-order chi connectivity index (χ1) is 10.4. The molecule has 0 bridgehead atoms. The van der Waals surface area contributed by atoms with Crippen molar-refractivity contribution in [3.05, 3.63) is 70.3 Å². The molecule has 0 saturated heterocycles. The van der Waals surface area contributed by atoms with Crippen molar-refractivity contribution in [3.8, 4) is 0 Å². The summed E-state index contributed by atoms with van der Waals surface area (Å²) in [7, 11) is 0. The number of rotatable bonds is 2. The van der Waals surface area contributed by atoms with Crippen molar-refractivity contribution in [3.63, 3.8) is 0 Å². The van der Waals surface area contributed by atoms with Crippen molar-refractivity contribution in [2.24, 2.45) is 0 Å².